The third-order valence-corrected chi connectivity index (χ3v) is 7.60. The number of carbonyl (C=O) groups excluding carboxylic acids is 2. The molecule has 0 spiro atoms. The topological polar surface area (TPSA) is 96.7 Å². The molecule has 1 aromatic heterocycles. The first kappa shape index (κ1) is 30.9. The number of allylic oxidation sites excluding steroid dienone is 2. The van der Waals surface area contributed by atoms with Gasteiger partial charge in [0.25, 0.3) is 0 Å². The largest absolute Gasteiger partial charge is 0.457 e. The number of ether oxygens (including phenoxy) is 1. The Balaban J connectivity index is 2.50. The maximum absolute atomic E-state index is 13.8. The van der Waals surface area contributed by atoms with Gasteiger partial charge in [0.1, 0.15) is 11.9 Å². The average Bonchev–Trinajstić information content (AvgIpc) is 3.21. The number of Topliss-reactive ketones (excluding diaryl/α,β-unsaturated/α-hetero) is 1. The lowest BCUT2D eigenvalue weighted by Crippen LogP contribution is -2.45. The van der Waals surface area contributed by atoms with Crippen molar-refractivity contribution in [3.05, 3.63) is 45.5 Å². The summed E-state index contributed by atoms with van der Waals surface area (Å²) >= 11 is 1.41. The Morgan fingerprint density at radius 1 is 1.24 bits per heavy atom. The molecule has 0 saturated heterocycles. The summed E-state index contributed by atoms with van der Waals surface area (Å²) in [6.07, 6.45) is -4.04. The first-order chi connectivity index (χ1) is 17.0. The highest BCUT2D eigenvalue weighted by Crippen LogP contribution is 2.33. The van der Waals surface area contributed by atoms with Crippen molar-refractivity contribution in [1.29, 1.82) is 0 Å². The summed E-state index contributed by atoms with van der Waals surface area (Å²) in [4.78, 5) is 30.2. The lowest BCUT2D eigenvalue weighted by atomic mass is 9.73. The van der Waals surface area contributed by atoms with Crippen molar-refractivity contribution in [3.63, 3.8) is 0 Å². The number of hydrogen-bond acceptors (Lipinski definition) is 7. The Bertz CT molecular complexity index is 1060. The Labute approximate surface area is 219 Å². The lowest BCUT2D eigenvalue weighted by molar-refractivity contribution is -0.154. The van der Waals surface area contributed by atoms with Gasteiger partial charge in [-0.1, -0.05) is 45.9 Å². The van der Waals surface area contributed by atoms with E-state index in [-0.39, 0.29) is 6.42 Å². The van der Waals surface area contributed by atoms with E-state index in [4.69, 9.17) is 4.74 Å². The van der Waals surface area contributed by atoms with E-state index in [1.54, 1.807) is 25.3 Å². The fourth-order valence-corrected chi connectivity index (χ4v) is 4.74. The molecule has 5 atom stereocenters. The van der Waals surface area contributed by atoms with Crippen LogP contribution in [0, 0.1) is 24.2 Å². The van der Waals surface area contributed by atoms with E-state index in [0.717, 1.165) is 11.1 Å². The van der Waals surface area contributed by atoms with Gasteiger partial charge in [-0.2, -0.15) is 13.2 Å². The highest BCUT2D eigenvalue weighted by atomic mass is 32.1. The first-order valence-corrected chi connectivity index (χ1v) is 13.0. The number of aryl methyl sites for hydroxylation is 1. The summed E-state index contributed by atoms with van der Waals surface area (Å²) < 4.78 is 46.8. The highest BCUT2D eigenvalue weighted by molar-refractivity contribution is 7.09. The zero-order valence-corrected chi connectivity index (χ0v) is 22.8. The number of aliphatic hydroxyl groups is 2. The van der Waals surface area contributed by atoms with Crippen molar-refractivity contribution < 1.29 is 37.7 Å². The van der Waals surface area contributed by atoms with Crippen LogP contribution in [0.2, 0.25) is 0 Å². The number of ketones is 1. The standard InChI is InChI=1S/C27H36F3NO5S/c1-15-8-7-9-19(27(28,29)30)10-11-21(16(2)12-20-14-37-18(4)31-20)36-23(33)13-22(32)26(5,6)25(35)17(3)24(15)34/h7-8,10,12,14-15,17,21-22,24,32,34H,9,11,13H2,1-6H3/t15-,17+,21-,22-,24-/m0/s1. The molecule has 0 aromatic carbocycles. The van der Waals surface area contributed by atoms with Crippen LogP contribution >= 0.6 is 11.3 Å². The maximum atomic E-state index is 13.8. The van der Waals surface area contributed by atoms with Crippen LogP contribution in [0.1, 0.15) is 64.6 Å². The third-order valence-electron chi connectivity index (χ3n) is 6.81. The van der Waals surface area contributed by atoms with Crippen LogP contribution < -0.4 is 0 Å². The number of carbonyl (C=O) groups is 2. The molecule has 0 fully saturated rings. The minimum absolute atomic E-state index is 0.243. The summed E-state index contributed by atoms with van der Waals surface area (Å²) in [5.74, 6) is -2.85. The molecule has 0 unspecified atom stereocenters. The minimum Gasteiger partial charge on any atom is -0.457 e. The van der Waals surface area contributed by atoms with E-state index in [9.17, 15) is 33.0 Å². The van der Waals surface area contributed by atoms with Gasteiger partial charge in [-0.25, -0.2) is 4.98 Å². The Kier molecular flexibility index (Phi) is 10.4. The molecular formula is C27H36F3NO5S. The molecule has 1 aliphatic heterocycles. The third kappa shape index (κ3) is 8.35. The number of nitrogens with zero attached hydrogens (tertiary/aromatic N) is 1. The van der Waals surface area contributed by atoms with E-state index in [2.05, 4.69) is 4.98 Å². The zero-order valence-electron chi connectivity index (χ0n) is 22.0. The lowest BCUT2D eigenvalue weighted by Gasteiger charge is -2.34. The van der Waals surface area contributed by atoms with Crippen molar-refractivity contribution >= 4 is 29.2 Å². The number of esters is 1. The second kappa shape index (κ2) is 12.5. The molecular weight excluding hydrogens is 507 g/mol. The fraction of sp³-hybridized carbons (Fsp3) is 0.593. The van der Waals surface area contributed by atoms with E-state index >= 15 is 0 Å². The molecule has 37 heavy (non-hydrogen) atoms. The average molecular weight is 544 g/mol. The van der Waals surface area contributed by atoms with Gasteiger partial charge in [0, 0.05) is 29.2 Å². The molecule has 6 nitrogen and oxygen atoms in total. The molecule has 0 radical (unpaired) electrons. The number of hydrogen-bond donors (Lipinski definition) is 2. The molecule has 206 valence electrons. The van der Waals surface area contributed by atoms with Gasteiger partial charge in [-0.15, -0.1) is 11.3 Å². The Hall–Kier alpha value is -2.30. The number of cyclic esters (lactones) is 1. The summed E-state index contributed by atoms with van der Waals surface area (Å²) in [5, 5.41) is 24.0. The molecule has 0 aliphatic carbocycles. The smallest absolute Gasteiger partial charge is 0.412 e. The van der Waals surface area contributed by atoms with Crippen molar-refractivity contribution in [2.75, 3.05) is 0 Å². The van der Waals surface area contributed by atoms with Gasteiger partial charge in [0.2, 0.25) is 0 Å². The Morgan fingerprint density at radius 2 is 1.89 bits per heavy atom. The van der Waals surface area contributed by atoms with Crippen LogP contribution in [0.15, 0.2) is 34.8 Å². The van der Waals surface area contributed by atoms with E-state index in [1.165, 1.54) is 44.3 Å². The van der Waals surface area contributed by atoms with Crippen LogP contribution in [0.4, 0.5) is 13.2 Å². The molecule has 1 aliphatic rings. The van der Waals surface area contributed by atoms with Crippen molar-refractivity contribution in [2.45, 2.75) is 85.3 Å². The summed E-state index contributed by atoms with van der Waals surface area (Å²) in [5.41, 5.74) is -1.11. The second-order valence-electron chi connectivity index (χ2n) is 10.2. The van der Waals surface area contributed by atoms with Crippen LogP contribution in [-0.2, 0) is 14.3 Å². The van der Waals surface area contributed by atoms with Gasteiger partial charge in [-0.05, 0) is 31.9 Å². The summed E-state index contributed by atoms with van der Waals surface area (Å²) in [6.45, 7) is 9.55. The Morgan fingerprint density at radius 3 is 2.46 bits per heavy atom. The summed E-state index contributed by atoms with van der Waals surface area (Å²) in [6, 6.07) is 0. The molecule has 2 heterocycles. The highest BCUT2D eigenvalue weighted by Gasteiger charge is 2.42. The number of halogens is 3. The van der Waals surface area contributed by atoms with Gasteiger partial charge >= 0.3 is 12.1 Å². The van der Waals surface area contributed by atoms with Gasteiger partial charge in [0.05, 0.1) is 34.7 Å². The van der Waals surface area contributed by atoms with Crippen LogP contribution in [0.5, 0.6) is 0 Å². The molecule has 10 heteroatoms. The predicted molar refractivity (Wildman–Crippen MR) is 137 cm³/mol. The normalized spacial score (nSPS) is 29.1. The summed E-state index contributed by atoms with van der Waals surface area (Å²) in [7, 11) is 0. The fourth-order valence-electron chi connectivity index (χ4n) is 4.17. The van der Waals surface area contributed by atoms with Gasteiger partial charge < -0.3 is 14.9 Å². The van der Waals surface area contributed by atoms with E-state index in [1.807, 2.05) is 6.92 Å². The van der Waals surface area contributed by atoms with E-state index < -0.39 is 71.9 Å². The molecule has 0 amide bonds. The van der Waals surface area contributed by atoms with Gasteiger partial charge in [0.15, 0.2) is 0 Å². The molecule has 0 bridgehead atoms. The number of aromatic nitrogens is 1. The quantitative estimate of drug-likeness (QED) is 0.373. The number of rotatable bonds is 2. The van der Waals surface area contributed by atoms with Gasteiger partial charge in [-0.3, -0.25) is 9.59 Å². The van der Waals surface area contributed by atoms with E-state index in [0.29, 0.717) is 11.3 Å². The number of thiazole rings is 1. The second-order valence-corrected chi connectivity index (χ2v) is 11.3. The number of alkyl halides is 3. The monoisotopic (exact) mass is 543 g/mol. The molecule has 0 saturated carbocycles. The van der Waals surface area contributed by atoms with Crippen LogP contribution in [0.3, 0.4) is 0 Å². The van der Waals surface area contributed by atoms with Crippen molar-refractivity contribution in [1.82, 2.24) is 4.98 Å². The minimum atomic E-state index is -4.61. The molecule has 2 rings (SSSR count). The SMILES string of the molecule is CC(=Cc1csc(C)n1)[C@@H]1CC=C(C(F)(F)F)CC=C[C@H](C)[C@H](O)[C@@H](C)C(=O)C(C)(C)[C@@H](O)CC(=O)O1. The maximum Gasteiger partial charge on any atom is 0.412 e. The van der Waals surface area contributed by atoms with Crippen LogP contribution in [0.25, 0.3) is 6.08 Å². The molecule has 2 N–H and O–H groups in total. The first-order valence-electron chi connectivity index (χ1n) is 12.2. The molecule has 1 aromatic rings. The van der Waals surface area contributed by atoms with Crippen molar-refractivity contribution in [2.24, 2.45) is 17.3 Å². The predicted octanol–water partition coefficient (Wildman–Crippen LogP) is 5.58. The van der Waals surface area contributed by atoms with Crippen LogP contribution in [-0.4, -0.2) is 51.4 Å². The number of aliphatic hydroxyl groups excluding tert-OH is 2. The zero-order chi connectivity index (χ0) is 28.1. The van der Waals surface area contributed by atoms with Crippen molar-refractivity contribution in [3.8, 4) is 0 Å².